The fourth-order valence-corrected chi connectivity index (χ4v) is 1.37. The number of anilines is 1. The molecule has 0 aliphatic heterocycles. The monoisotopic (exact) mass is 221 g/mol. The number of rotatable bonds is 4. The molecule has 1 aromatic rings. The molecule has 0 radical (unpaired) electrons. The second-order valence-corrected chi connectivity index (χ2v) is 3.83. The summed E-state index contributed by atoms with van der Waals surface area (Å²) in [5, 5.41) is 5.60. The third-order valence-corrected chi connectivity index (χ3v) is 2.47. The van der Waals surface area contributed by atoms with E-state index in [1.165, 1.54) is 0 Å². The van der Waals surface area contributed by atoms with E-state index in [1.54, 1.807) is 12.3 Å². The largest absolute Gasteiger partial charge is 0.335 e. The summed E-state index contributed by atoms with van der Waals surface area (Å²) in [5.74, 6) is 0.578. The maximum absolute atomic E-state index is 11.6. The van der Waals surface area contributed by atoms with Crippen LogP contribution in [0.2, 0.25) is 0 Å². The Kier molecular flexibility index (Phi) is 4.76. The number of pyridine rings is 1. The van der Waals surface area contributed by atoms with Gasteiger partial charge in [0.2, 0.25) is 0 Å². The normalized spacial score (nSPS) is 10.2. The summed E-state index contributed by atoms with van der Waals surface area (Å²) in [5.41, 5.74) is 1.07. The fourth-order valence-electron chi connectivity index (χ4n) is 1.37. The summed E-state index contributed by atoms with van der Waals surface area (Å²) >= 11 is 0. The Morgan fingerprint density at radius 1 is 1.38 bits per heavy atom. The van der Waals surface area contributed by atoms with Crippen molar-refractivity contribution in [3.63, 3.8) is 0 Å². The molecule has 0 aromatic carbocycles. The predicted molar refractivity (Wildman–Crippen MR) is 65.5 cm³/mol. The number of urea groups is 1. The summed E-state index contributed by atoms with van der Waals surface area (Å²) < 4.78 is 0. The van der Waals surface area contributed by atoms with Crippen LogP contribution in [-0.4, -0.2) is 17.1 Å². The first-order valence-corrected chi connectivity index (χ1v) is 5.65. The minimum atomic E-state index is -0.190. The molecular weight excluding hydrogens is 202 g/mol. The van der Waals surface area contributed by atoms with Gasteiger partial charge in [0.05, 0.1) is 0 Å². The van der Waals surface area contributed by atoms with Crippen LogP contribution in [0.5, 0.6) is 0 Å². The van der Waals surface area contributed by atoms with Crippen LogP contribution in [0.3, 0.4) is 0 Å². The molecule has 88 valence electrons. The van der Waals surface area contributed by atoms with Gasteiger partial charge in [-0.25, -0.2) is 9.78 Å². The third-order valence-electron chi connectivity index (χ3n) is 2.47. The zero-order valence-electron chi connectivity index (χ0n) is 10.1. The van der Waals surface area contributed by atoms with Gasteiger partial charge in [-0.1, -0.05) is 19.9 Å². The lowest BCUT2D eigenvalue weighted by molar-refractivity contribution is 0.247. The summed E-state index contributed by atoms with van der Waals surface area (Å²) in [4.78, 5) is 15.7. The average Bonchev–Trinajstić information content (AvgIpc) is 2.29. The number of hydrogen-bond donors (Lipinski definition) is 2. The van der Waals surface area contributed by atoms with Crippen molar-refractivity contribution in [2.75, 3.05) is 5.32 Å². The van der Waals surface area contributed by atoms with E-state index in [9.17, 15) is 4.79 Å². The molecule has 0 bridgehead atoms. The van der Waals surface area contributed by atoms with Crippen molar-refractivity contribution in [2.24, 2.45) is 0 Å². The molecule has 16 heavy (non-hydrogen) atoms. The molecule has 0 aliphatic carbocycles. The Morgan fingerprint density at radius 2 is 2.06 bits per heavy atom. The summed E-state index contributed by atoms with van der Waals surface area (Å²) in [6, 6.07) is 3.75. The number of amides is 2. The summed E-state index contributed by atoms with van der Waals surface area (Å²) in [6.45, 7) is 6.07. The number of carbonyl (C=O) groups is 1. The molecule has 1 heterocycles. The van der Waals surface area contributed by atoms with Crippen LogP contribution in [0.4, 0.5) is 10.6 Å². The van der Waals surface area contributed by atoms with Gasteiger partial charge in [0.15, 0.2) is 0 Å². The molecule has 0 saturated heterocycles. The highest BCUT2D eigenvalue weighted by Crippen LogP contribution is 2.04. The van der Waals surface area contributed by atoms with E-state index in [2.05, 4.69) is 29.5 Å². The van der Waals surface area contributed by atoms with E-state index in [0.29, 0.717) is 5.82 Å². The molecule has 0 fully saturated rings. The lowest BCUT2D eigenvalue weighted by atomic mass is 10.2. The first-order chi connectivity index (χ1) is 7.65. The zero-order valence-corrected chi connectivity index (χ0v) is 10.1. The summed E-state index contributed by atoms with van der Waals surface area (Å²) in [7, 11) is 0. The highest BCUT2D eigenvalue weighted by atomic mass is 16.2. The standard InChI is InChI=1S/C12H19N3O/c1-4-10(5-2)14-12(16)15-11-7-6-9(3)8-13-11/h6-8,10H,4-5H2,1-3H3,(H2,13,14,15,16). The zero-order chi connectivity index (χ0) is 12.0. The Hall–Kier alpha value is -1.58. The van der Waals surface area contributed by atoms with Crippen LogP contribution in [0.25, 0.3) is 0 Å². The Labute approximate surface area is 96.5 Å². The Morgan fingerprint density at radius 3 is 2.56 bits per heavy atom. The van der Waals surface area contributed by atoms with Gasteiger partial charge in [-0.3, -0.25) is 5.32 Å². The number of aryl methyl sites for hydroxylation is 1. The van der Waals surface area contributed by atoms with Gasteiger partial charge >= 0.3 is 6.03 Å². The quantitative estimate of drug-likeness (QED) is 0.821. The van der Waals surface area contributed by atoms with Crippen LogP contribution < -0.4 is 10.6 Å². The minimum Gasteiger partial charge on any atom is -0.335 e. The second kappa shape index (κ2) is 6.10. The lowest BCUT2D eigenvalue weighted by Crippen LogP contribution is -2.37. The van der Waals surface area contributed by atoms with E-state index < -0.39 is 0 Å². The van der Waals surface area contributed by atoms with Crippen molar-refractivity contribution in [3.05, 3.63) is 23.9 Å². The van der Waals surface area contributed by atoms with Crippen LogP contribution in [-0.2, 0) is 0 Å². The van der Waals surface area contributed by atoms with Crippen LogP contribution in [0.1, 0.15) is 32.3 Å². The molecule has 4 heteroatoms. The Bertz CT molecular complexity index is 331. The molecule has 0 saturated carbocycles. The number of hydrogen-bond acceptors (Lipinski definition) is 2. The van der Waals surface area contributed by atoms with Crippen molar-refractivity contribution < 1.29 is 4.79 Å². The molecule has 0 atom stereocenters. The van der Waals surface area contributed by atoms with Gasteiger partial charge in [0.25, 0.3) is 0 Å². The van der Waals surface area contributed by atoms with Crippen LogP contribution >= 0.6 is 0 Å². The van der Waals surface area contributed by atoms with Crippen molar-refractivity contribution in [2.45, 2.75) is 39.7 Å². The first kappa shape index (κ1) is 12.5. The predicted octanol–water partition coefficient (Wildman–Crippen LogP) is 2.70. The highest BCUT2D eigenvalue weighted by molar-refractivity contribution is 5.88. The summed E-state index contributed by atoms with van der Waals surface area (Å²) in [6.07, 6.45) is 3.60. The third kappa shape index (κ3) is 3.88. The molecule has 0 spiro atoms. The van der Waals surface area contributed by atoms with Crippen LogP contribution in [0, 0.1) is 6.92 Å². The molecule has 0 unspecified atom stereocenters. The molecule has 1 rings (SSSR count). The number of carbonyl (C=O) groups excluding carboxylic acids is 1. The molecule has 1 aromatic heterocycles. The smallest absolute Gasteiger partial charge is 0.320 e. The van der Waals surface area contributed by atoms with Gasteiger partial charge in [-0.15, -0.1) is 0 Å². The SMILES string of the molecule is CCC(CC)NC(=O)Nc1ccc(C)cn1. The number of nitrogens with zero attached hydrogens (tertiary/aromatic N) is 1. The van der Waals surface area contributed by atoms with Gasteiger partial charge in [0.1, 0.15) is 5.82 Å². The molecular formula is C12H19N3O. The molecule has 0 aliphatic rings. The fraction of sp³-hybridized carbons (Fsp3) is 0.500. The van der Waals surface area contributed by atoms with Crippen molar-refractivity contribution >= 4 is 11.8 Å². The number of nitrogens with one attached hydrogen (secondary N) is 2. The van der Waals surface area contributed by atoms with Gasteiger partial charge in [0, 0.05) is 12.2 Å². The van der Waals surface area contributed by atoms with Crippen molar-refractivity contribution in [1.29, 1.82) is 0 Å². The highest BCUT2D eigenvalue weighted by Gasteiger charge is 2.08. The minimum absolute atomic E-state index is 0.190. The van der Waals surface area contributed by atoms with Gasteiger partial charge in [-0.05, 0) is 31.4 Å². The average molecular weight is 221 g/mol. The van der Waals surface area contributed by atoms with Gasteiger partial charge in [-0.2, -0.15) is 0 Å². The maximum Gasteiger partial charge on any atom is 0.320 e. The van der Waals surface area contributed by atoms with Gasteiger partial charge < -0.3 is 5.32 Å². The van der Waals surface area contributed by atoms with E-state index >= 15 is 0 Å². The van der Waals surface area contributed by atoms with E-state index in [0.717, 1.165) is 18.4 Å². The van der Waals surface area contributed by atoms with Crippen LogP contribution in [0.15, 0.2) is 18.3 Å². The second-order valence-electron chi connectivity index (χ2n) is 3.83. The lowest BCUT2D eigenvalue weighted by Gasteiger charge is -2.14. The Balaban J connectivity index is 2.48. The van der Waals surface area contributed by atoms with Crippen molar-refractivity contribution in [3.8, 4) is 0 Å². The molecule has 2 amide bonds. The molecule has 4 nitrogen and oxygen atoms in total. The molecule has 2 N–H and O–H groups in total. The topological polar surface area (TPSA) is 54.0 Å². The van der Waals surface area contributed by atoms with E-state index in [4.69, 9.17) is 0 Å². The first-order valence-electron chi connectivity index (χ1n) is 5.65. The maximum atomic E-state index is 11.6. The van der Waals surface area contributed by atoms with E-state index in [-0.39, 0.29) is 12.1 Å². The van der Waals surface area contributed by atoms with Crippen molar-refractivity contribution in [1.82, 2.24) is 10.3 Å². The van der Waals surface area contributed by atoms with E-state index in [1.807, 2.05) is 13.0 Å². The number of aromatic nitrogens is 1.